The summed E-state index contributed by atoms with van der Waals surface area (Å²) < 4.78 is 23.3. The molecule has 2 aliphatic heterocycles. The molecule has 0 atom stereocenters. The van der Waals surface area contributed by atoms with Crippen molar-refractivity contribution in [1.29, 1.82) is 0 Å². The highest BCUT2D eigenvalue weighted by Gasteiger charge is 2.50. The van der Waals surface area contributed by atoms with Gasteiger partial charge >= 0.3 is 0 Å². The Morgan fingerprint density at radius 2 is 1.76 bits per heavy atom. The van der Waals surface area contributed by atoms with Crippen LogP contribution in [0.4, 0.5) is 0 Å². The molecule has 0 bridgehead atoms. The molecule has 2 rings (SSSR count). The van der Waals surface area contributed by atoms with Crippen molar-refractivity contribution in [3.05, 3.63) is 0 Å². The number of rotatable bonds is 3. The van der Waals surface area contributed by atoms with E-state index in [-0.39, 0.29) is 18.3 Å². The second-order valence-electron chi connectivity index (χ2n) is 6.16. The summed E-state index contributed by atoms with van der Waals surface area (Å²) in [6, 6.07) is 0. The van der Waals surface area contributed by atoms with Crippen molar-refractivity contribution >= 4 is 28.2 Å². The number of hydrogen-bond donors (Lipinski definition) is 1. The number of halogens is 1. The molecule has 0 aromatic heterocycles. The summed E-state index contributed by atoms with van der Waals surface area (Å²) >= 11 is 0. The summed E-state index contributed by atoms with van der Waals surface area (Å²) in [6.45, 7) is 4.80. The van der Waals surface area contributed by atoms with E-state index < -0.39 is 14.6 Å². The third kappa shape index (κ3) is 3.71. The van der Waals surface area contributed by atoms with E-state index in [9.17, 15) is 13.2 Å². The van der Waals surface area contributed by atoms with Crippen molar-refractivity contribution < 1.29 is 13.2 Å². The highest BCUT2D eigenvalue weighted by atomic mass is 35.5. The first-order valence-corrected chi connectivity index (χ1v) is 9.49. The van der Waals surface area contributed by atoms with Gasteiger partial charge in [-0.1, -0.05) is 13.3 Å². The van der Waals surface area contributed by atoms with Gasteiger partial charge < -0.3 is 10.2 Å². The van der Waals surface area contributed by atoms with Gasteiger partial charge in [-0.2, -0.15) is 0 Å². The summed E-state index contributed by atoms with van der Waals surface area (Å²) in [7, 11) is -3.39. The minimum absolute atomic E-state index is 0. The lowest BCUT2D eigenvalue weighted by Crippen LogP contribution is -2.59. The van der Waals surface area contributed by atoms with Gasteiger partial charge in [-0.05, 0) is 44.7 Å². The van der Waals surface area contributed by atoms with Gasteiger partial charge in [0.15, 0.2) is 14.6 Å². The van der Waals surface area contributed by atoms with E-state index >= 15 is 0 Å². The molecule has 0 spiro atoms. The minimum Gasteiger partial charge on any atom is -0.341 e. The lowest BCUT2D eigenvalue weighted by Gasteiger charge is -2.41. The Labute approximate surface area is 134 Å². The molecular formula is C14H27ClN2O3S. The Bertz CT molecular complexity index is 453. The smallest absolute Gasteiger partial charge is 0.244 e. The molecule has 1 N–H and O–H groups in total. The Morgan fingerprint density at radius 3 is 2.19 bits per heavy atom. The van der Waals surface area contributed by atoms with Gasteiger partial charge in [0.05, 0.1) is 0 Å². The van der Waals surface area contributed by atoms with Crippen molar-refractivity contribution in [3.63, 3.8) is 0 Å². The van der Waals surface area contributed by atoms with Crippen molar-refractivity contribution in [2.24, 2.45) is 5.92 Å². The van der Waals surface area contributed by atoms with Gasteiger partial charge in [0, 0.05) is 19.3 Å². The predicted molar refractivity (Wildman–Crippen MR) is 86.5 cm³/mol. The first kappa shape index (κ1) is 18.7. The first-order chi connectivity index (χ1) is 9.40. The fourth-order valence-corrected chi connectivity index (χ4v) is 4.80. The standard InChI is InChI=1S/C14H26N2O3S.ClH/c1-3-12-4-10-16(11-5-12)13(17)14(20(2,18)19)6-8-15-9-7-14;/h12,15H,3-11H2,1-2H3;1H. The Kier molecular flexibility index (Phi) is 6.50. The molecular weight excluding hydrogens is 312 g/mol. The van der Waals surface area contributed by atoms with Gasteiger partial charge in [0.1, 0.15) is 0 Å². The lowest BCUT2D eigenvalue weighted by atomic mass is 9.91. The van der Waals surface area contributed by atoms with Crippen molar-refractivity contribution in [2.75, 3.05) is 32.4 Å². The third-order valence-corrected chi connectivity index (χ3v) is 6.99. The van der Waals surface area contributed by atoms with Crippen molar-refractivity contribution in [3.8, 4) is 0 Å². The van der Waals surface area contributed by atoms with E-state index in [0.717, 1.165) is 19.3 Å². The van der Waals surface area contributed by atoms with Gasteiger partial charge in [0.25, 0.3) is 0 Å². The molecule has 0 aromatic rings. The molecule has 124 valence electrons. The van der Waals surface area contributed by atoms with Crippen LogP contribution in [0.2, 0.25) is 0 Å². The summed E-state index contributed by atoms with van der Waals surface area (Å²) in [4.78, 5) is 14.6. The van der Waals surface area contributed by atoms with Crippen LogP contribution in [0, 0.1) is 5.92 Å². The molecule has 5 nitrogen and oxygen atoms in total. The normalized spacial score (nSPS) is 23.4. The zero-order valence-corrected chi connectivity index (χ0v) is 14.6. The fourth-order valence-electron chi connectivity index (χ4n) is 3.41. The SMILES string of the molecule is CCC1CCN(C(=O)C2(S(C)(=O)=O)CCNCC2)CC1.Cl. The van der Waals surface area contributed by atoms with Crippen LogP contribution in [0.1, 0.15) is 39.0 Å². The largest absolute Gasteiger partial charge is 0.341 e. The average Bonchev–Trinajstić information content (AvgIpc) is 2.46. The monoisotopic (exact) mass is 338 g/mol. The number of sulfone groups is 1. The summed E-state index contributed by atoms with van der Waals surface area (Å²) in [5.41, 5.74) is 0. The number of amides is 1. The predicted octanol–water partition coefficient (Wildman–Crippen LogP) is 1.22. The van der Waals surface area contributed by atoms with Crippen LogP contribution in [-0.4, -0.2) is 56.4 Å². The zero-order valence-electron chi connectivity index (χ0n) is 12.9. The van der Waals surface area contributed by atoms with E-state index in [2.05, 4.69) is 12.2 Å². The lowest BCUT2D eigenvalue weighted by molar-refractivity contribution is -0.136. The molecule has 0 radical (unpaired) electrons. The van der Waals surface area contributed by atoms with Crippen LogP contribution in [-0.2, 0) is 14.6 Å². The Balaban J connectivity index is 0.00000220. The minimum atomic E-state index is -3.39. The second kappa shape index (κ2) is 7.29. The average molecular weight is 339 g/mol. The maximum absolute atomic E-state index is 12.8. The highest BCUT2D eigenvalue weighted by molar-refractivity contribution is 7.92. The van der Waals surface area contributed by atoms with Gasteiger partial charge in [-0.3, -0.25) is 4.79 Å². The topological polar surface area (TPSA) is 66.5 Å². The van der Waals surface area contributed by atoms with Crippen LogP contribution in [0.5, 0.6) is 0 Å². The molecule has 0 aromatic carbocycles. The van der Waals surface area contributed by atoms with Gasteiger partial charge in [0.2, 0.25) is 5.91 Å². The summed E-state index contributed by atoms with van der Waals surface area (Å²) in [6.07, 6.45) is 5.16. The number of nitrogens with one attached hydrogen (secondary N) is 1. The molecule has 0 unspecified atom stereocenters. The maximum atomic E-state index is 12.8. The first-order valence-electron chi connectivity index (χ1n) is 7.60. The number of nitrogens with zero attached hydrogens (tertiary/aromatic N) is 1. The molecule has 2 heterocycles. The fraction of sp³-hybridized carbons (Fsp3) is 0.929. The molecule has 1 amide bonds. The molecule has 2 fully saturated rings. The number of piperidine rings is 2. The van der Waals surface area contributed by atoms with Gasteiger partial charge in [-0.25, -0.2) is 8.42 Å². The van der Waals surface area contributed by atoms with Crippen molar-refractivity contribution in [2.45, 2.75) is 43.8 Å². The van der Waals surface area contributed by atoms with Crippen LogP contribution in [0.15, 0.2) is 0 Å². The van der Waals surface area contributed by atoms with E-state index in [1.165, 1.54) is 6.26 Å². The van der Waals surface area contributed by atoms with Crippen molar-refractivity contribution in [1.82, 2.24) is 10.2 Å². The van der Waals surface area contributed by atoms with E-state index in [4.69, 9.17) is 0 Å². The second-order valence-corrected chi connectivity index (χ2v) is 8.49. The zero-order chi connectivity index (χ0) is 14.8. The molecule has 0 aliphatic carbocycles. The molecule has 2 aliphatic rings. The Hall–Kier alpha value is -0.330. The van der Waals surface area contributed by atoms with E-state index in [1.54, 1.807) is 4.90 Å². The molecule has 7 heteroatoms. The summed E-state index contributed by atoms with van der Waals surface area (Å²) in [5, 5.41) is 3.15. The number of carbonyl (C=O) groups is 1. The quantitative estimate of drug-likeness (QED) is 0.840. The van der Waals surface area contributed by atoms with Crippen LogP contribution in [0.3, 0.4) is 0 Å². The van der Waals surface area contributed by atoms with E-state index in [0.29, 0.717) is 44.9 Å². The number of likely N-dealkylation sites (tertiary alicyclic amines) is 1. The van der Waals surface area contributed by atoms with E-state index in [1.807, 2.05) is 0 Å². The molecule has 2 saturated heterocycles. The Morgan fingerprint density at radius 1 is 1.24 bits per heavy atom. The van der Waals surface area contributed by atoms with Crippen LogP contribution >= 0.6 is 12.4 Å². The van der Waals surface area contributed by atoms with Crippen LogP contribution in [0.25, 0.3) is 0 Å². The summed E-state index contributed by atoms with van der Waals surface area (Å²) in [5.74, 6) is 0.525. The molecule has 0 saturated carbocycles. The highest BCUT2D eigenvalue weighted by Crippen LogP contribution is 2.32. The number of carbonyl (C=O) groups excluding carboxylic acids is 1. The van der Waals surface area contributed by atoms with Crippen LogP contribution < -0.4 is 5.32 Å². The third-order valence-electron chi connectivity index (χ3n) is 4.99. The maximum Gasteiger partial charge on any atom is 0.244 e. The van der Waals surface area contributed by atoms with Gasteiger partial charge in [-0.15, -0.1) is 12.4 Å². The molecule has 21 heavy (non-hydrogen) atoms. The number of hydrogen-bond acceptors (Lipinski definition) is 4.